The third kappa shape index (κ3) is 11.5. The first-order valence-electron chi connectivity index (χ1n) is 7.12. The Morgan fingerprint density at radius 1 is 1.08 bits per heavy atom. The number of rotatable bonds is 7. The number of aryl methyl sites for hydroxylation is 1. The van der Waals surface area contributed by atoms with Gasteiger partial charge in [-0.15, -0.1) is 0 Å². The van der Waals surface area contributed by atoms with Crippen molar-refractivity contribution in [1.29, 1.82) is 0 Å². The first-order valence-corrected chi connectivity index (χ1v) is 12.3. The average molecular weight is 418 g/mol. The Morgan fingerprint density at radius 2 is 1.54 bits per heavy atom. The monoisotopic (exact) mass is 418 g/mol. The summed E-state index contributed by atoms with van der Waals surface area (Å²) in [6.45, 7) is 3.97. The molecule has 3 N–H and O–H groups in total. The summed E-state index contributed by atoms with van der Waals surface area (Å²) >= 11 is 8.92. The van der Waals surface area contributed by atoms with Gasteiger partial charge in [0.15, 0.2) is 0 Å². The molecule has 8 nitrogen and oxygen atoms in total. The first kappa shape index (κ1) is 24.0. The fourth-order valence-corrected chi connectivity index (χ4v) is 3.38. The van der Waals surface area contributed by atoms with Crippen LogP contribution in [0.3, 0.4) is 0 Å². The molecule has 1 heterocycles. The van der Waals surface area contributed by atoms with Crippen molar-refractivity contribution in [2.24, 2.45) is 0 Å². The molecule has 0 aliphatic rings. The predicted molar refractivity (Wildman–Crippen MR) is 100.0 cm³/mol. The highest BCUT2D eigenvalue weighted by molar-refractivity contribution is 8.07. The highest BCUT2D eigenvalue weighted by atomic mass is 32.5. The van der Waals surface area contributed by atoms with E-state index >= 15 is 0 Å². The van der Waals surface area contributed by atoms with Gasteiger partial charge < -0.3 is 19.2 Å². The summed E-state index contributed by atoms with van der Waals surface area (Å²) in [7, 11) is 0. The smallest absolute Gasteiger partial charge is 0.381 e. The highest BCUT2D eigenvalue weighted by Crippen LogP contribution is 2.49. The topological polar surface area (TPSA) is 114 Å². The molecule has 0 saturated carbocycles. The largest absolute Gasteiger partial charge is 0.406 e. The Morgan fingerprint density at radius 3 is 1.92 bits per heavy atom. The molecule has 0 saturated heterocycles. The van der Waals surface area contributed by atoms with Crippen LogP contribution in [0.5, 0.6) is 5.88 Å². The lowest BCUT2D eigenvalue weighted by Gasteiger charge is -2.20. The summed E-state index contributed by atoms with van der Waals surface area (Å²) in [5.41, 5.74) is 0.836. The molecule has 140 valence electrons. The summed E-state index contributed by atoms with van der Waals surface area (Å²) in [5.74, 6) is 1.37. The van der Waals surface area contributed by atoms with Crippen molar-refractivity contribution in [3.8, 4) is 5.88 Å². The molecule has 0 radical (unpaired) electrons. The molecular formula is C12H24N2O6P2S2. The zero-order valence-corrected chi connectivity index (χ0v) is 17.7. The van der Waals surface area contributed by atoms with Crippen LogP contribution in [-0.2, 0) is 32.7 Å². The van der Waals surface area contributed by atoms with E-state index < -0.39 is 13.4 Å². The maximum Gasteiger partial charge on any atom is 0.381 e. The molecule has 1 aromatic heterocycles. The van der Waals surface area contributed by atoms with Gasteiger partial charge in [-0.1, -0.05) is 13.8 Å². The summed E-state index contributed by atoms with van der Waals surface area (Å²) in [4.78, 5) is 31.4. The van der Waals surface area contributed by atoms with Crippen molar-refractivity contribution in [2.75, 3.05) is 13.2 Å². The van der Waals surface area contributed by atoms with Crippen LogP contribution in [0.25, 0.3) is 0 Å². The number of aromatic nitrogens is 2. The zero-order valence-electron chi connectivity index (χ0n) is 14.2. The molecule has 0 amide bonds. The Bertz CT molecular complexity index is 593. The highest BCUT2D eigenvalue weighted by Gasteiger charge is 2.22. The SMILES string of the molecule is CCOP(=S)(OCC)Oc1cc(C)nc(C(C)C)n1.OP(O)(O)=S. The molecule has 0 fully saturated rings. The van der Waals surface area contributed by atoms with Gasteiger partial charge in [-0.2, -0.15) is 4.98 Å². The second-order valence-electron chi connectivity index (χ2n) is 4.75. The van der Waals surface area contributed by atoms with E-state index in [1.807, 2.05) is 34.6 Å². The predicted octanol–water partition coefficient (Wildman–Crippen LogP) is 2.77. The molecule has 1 rings (SSSR count). The lowest BCUT2D eigenvalue weighted by molar-refractivity contribution is 0.215. The van der Waals surface area contributed by atoms with Crippen molar-refractivity contribution in [3.05, 3.63) is 17.6 Å². The lowest BCUT2D eigenvalue weighted by atomic mass is 10.2. The minimum absolute atomic E-state index is 0.222. The standard InChI is InChI=1S/C12H21N2O3PS.H3O3PS/c1-6-15-18(19,16-7-2)17-11-8-10(5)13-12(14-11)9(3)4;1-4(2,3)5/h8-9H,6-7H2,1-5H3;(H3,1,2,3,5). The van der Waals surface area contributed by atoms with Crippen LogP contribution in [0, 0.1) is 6.92 Å². The van der Waals surface area contributed by atoms with Gasteiger partial charge in [-0.3, -0.25) is 9.05 Å². The van der Waals surface area contributed by atoms with Crippen molar-refractivity contribution in [3.63, 3.8) is 0 Å². The van der Waals surface area contributed by atoms with E-state index in [-0.39, 0.29) is 5.92 Å². The molecule has 0 atom stereocenters. The fourth-order valence-electron chi connectivity index (χ4n) is 1.39. The van der Waals surface area contributed by atoms with E-state index in [0.717, 1.165) is 11.5 Å². The van der Waals surface area contributed by atoms with Crippen LogP contribution in [0.4, 0.5) is 0 Å². The zero-order chi connectivity index (χ0) is 19.0. The summed E-state index contributed by atoms with van der Waals surface area (Å²) in [6.07, 6.45) is 0. The molecule has 0 unspecified atom stereocenters. The van der Waals surface area contributed by atoms with Crippen LogP contribution in [-0.4, -0.2) is 37.9 Å². The van der Waals surface area contributed by atoms with Crippen molar-refractivity contribution in [2.45, 2.75) is 40.5 Å². The van der Waals surface area contributed by atoms with Crippen LogP contribution in [0.1, 0.15) is 45.1 Å². The van der Waals surface area contributed by atoms with Gasteiger partial charge in [0.2, 0.25) is 5.88 Å². The number of hydrogen-bond donors (Lipinski definition) is 3. The molecular weight excluding hydrogens is 394 g/mol. The molecule has 12 heteroatoms. The molecule has 0 aromatic carbocycles. The molecule has 0 aliphatic heterocycles. The van der Waals surface area contributed by atoms with Crippen molar-refractivity contribution in [1.82, 2.24) is 9.97 Å². The third-order valence-electron chi connectivity index (χ3n) is 2.14. The van der Waals surface area contributed by atoms with Gasteiger partial charge in [0.1, 0.15) is 5.82 Å². The van der Waals surface area contributed by atoms with Crippen LogP contribution in [0.2, 0.25) is 0 Å². The van der Waals surface area contributed by atoms with E-state index in [9.17, 15) is 0 Å². The van der Waals surface area contributed by atoms with Gasteiger partial charge in [-0.05, 0) is 32.6 Å². The van der Waals surface area contributed by atoms with Gasteiger partial charge in [0, 0.05) is 29.5 Å². The van der Waals surface area contributed by atoms with E-state index in [0.29, 0.717) is 19.1 Å². The van der Waals surface area contributed by atoms with Gasteiger partial charge >= 0.3 is 13.4 Å². The Hall–Kier alpha value is -0.0200. The summed E-state index contributed by atoms with van der Waals surface area (Å²) < 4.78 is 16.6. The maximum atomic E-state index is 7.56. The fraction of sp³-hybridized carbons (Fsp3) is 0.667. The molecule has 1 aromatic rings. The minimum Gasteiger partial charge on any atom is -0.406 e. The van der Waals surface area contributed by atoms with E-state index in [1.54, 1.807) is 6.07 Å². The van der Waals surface area contributed by atoms with Crippen LogP contribution < -0.4 is 4.52 Å². The van der Waals surface area contributed by atoms with Crippen LogP contribution in [0.15, 0.2) is 6.07 Å². The Labute approximate surface area is 152 Å². The average Bonchev–Trinajstić information content (AvgIpc) is 2.35. The van der Waals surface area contributed by atoms with E-state index in [1.165, 1.54) is 0 Å². The van der Waals surface area contributed by atoms with Gasteiger partial charge in [0.05, 0.1) is 13.2 Å². The second-order valence-corrected chi connectivity index (χ2v) is 10.2. The van der Waals surface area contributed by atoms with Gasteiger partial charge in [0.25, 0.3) is 0 Å². The minimum atomic E-state index is -3.81. The first-order chi connectivity index (χ1) is 10.9. The quantitative estimate of drug-likeness (QED) is 0.571. The van der Waals surface area contributed by atoms with Gasteiger partial charge in [-0.25, -0.2) is 4.98 Å². The summed E-state index contributed by atoms with van der Waals surface area (Å²) in [5, 5.41) is 0. The number of hydrogen-bond acceptors (Lipinski definition) is 7. The van der Waals surface area contributed by atoms with E-state index in [2.05, 4.69) is 21.8 Å². The summed E-state index contributed by atoms with van der Waals surface area (Å²) in [6, 6.07) is 1.74. The maximum absolute atomic E-state index is 7.56. The lowest BCUT2D eigenvalue weighted by Crippen LogP contribution is -2.06. The molecule has 24 heavy (non-hydrogen) atoms. The normalized spacial score (nSPS) is 11.9. The van der Waals surface area contributed by atoms with Crippen molar-refractivity contribution < 1.29 is 28.3 Å². The molecule has 0 spiro atoms. The van der Waals surface area contributed by atoms with Crippen molar-refractivity contribution >= 4 is 37.1 Å². The molecule has 0 bridgehead atoms. The van der Waals surface area contributed by atoms with E-state index in [4.69, 9.17) is 40.1 Å². The second kappa shape index (κ2) is 10.9. The third-order valence-corrected chi connectivity index (χ3v) is 4.56. The Kier molecular flexibility index (Phi) is 10.8. The Balaban J connectivity index is 0.000000922. The molecule has 0 aliphatic carbocycles. The number of nitrogens with zero attached hydrogens (tertiary/aromatic N) is 2. The van der Waals surface area contributed by atoms with Crippen LogP contribution >= 0.6 is 13.4 Å².